The van der Waals surface area contributed by atoms with Crippen LogP contribution in [0.4, 0.5) is 0 Å². The highest BCUT2D eigenvalue weighted by Gasteiger charge is 2.13. The van der Waals surface area contributed by atoms with Gasteiger partial charge in [-0.1, -0.05) is 0 Å². The second-order valence-electron chi connectivity index (χ2n) is 3.71. The highest BCUT2D eigenvalue weighted by molar-refractivity contribution is 5.15. The second kappa shape index (κ2) is 4.96. The number of hydrogen-bond acceptors (Lipinski definition) is 3. The van der Waals surface area contributed by atoms with Crippen molar-refractivity contribution < 1.29 is 4.74 Å². The Morgan fingerprint density at radius 2 is 2.57 bits per heavy atom. The van der Waals surface area contributed by atoms with Gasteiger partial charge in [0.2, 0.25) is 0 Å². The van der Waals surface area contributed by atoms with Gasteiger partial charge in [-0.2, -0.15) is 0 Å². The maximum Gasteiger partial charge on any atom is 0.137 e. The molecule has 1 atom stereocenters. The normalized spacial score (nSPS) is 21.9. The molecule has 2 rings (SSSR count). The molecule has 0 bridgehead atoms. The molecule has 1 N–H and O–H groups in total. The maximum atomic E-state index is 5.64. The van der Waals surface area contributed by atoms with Crippen LogP contribution in [0.3, 0.4) is 0 Å². The summed E-state index contributed by atoms with van der Waals surface area (Å²) in [5, 5.41) is 3.38. The van der Waals surface area contributed by atoms with Crippen molar-refractivity contribution >= 4 is 0 Å². The Hall–Kier alpha value is -1.09. The molecule has 0 spiro atoms. The Kier molecular flexibility index (Phi) is 3.35. The average molecular weight is 192 g/mol. The van der Waals surface area contributed by atoms with Gasteiger partial charge in [0.05, 0.1) is 12.8 Å². The van der Waals surface area contributed by atoms with Crippen molar-refractivity contribution in [3.8, 4) is 5.75 Å². The molecule has 3 nitrogen and oxygen atoms in total. The summed E-state index contributed by atoms with van der Waals surface area (Å²) in [6.45, 7) is 3.04. The predicted octanol–water partition coefficient (Wildman–Crippen LogP) is 1.46. The molecule has 0 amide bonds. The first-order valence-electron chi connectivity index (χ1n) is 5.19. The van der Waals surface area contributed by atoms with Gasteiger partial charge in [-0.15, -0.1) is 0 Å². The number of nitrogens with one attached hydrogen (secondary N) is 1. The van der Waals surface area contributed by atoms with Gasteiger partial charge in [0.15, 0.2) is 0 Å². The molecule has 0 aliphatic carbocycles. The van der Waals surface area contributed by atoms with Gasteiger partial charge < -0.3 is 10.1 Å². The summed E-state index contributed by atoms with van der Waals surface area (Å²) in [5.74, 6) is 1.53. The van der Waals surface area contributed by atoms with E-state index in [0.29, 0.717) is 5.92 Å². The second-order valence-corrected chi connectivity index (χ2v) is 3.71. The van der Waals surface area contributed by atoms with E-state index in [9.17, 15) is 0 Å². The molecule has 0 radical (unpaired) electrons. The number of rotatable bonds is 3. The predicted molar refractivity (Wildman–Crippen MR) is 55.3 cm³/mol. The van der Waals surface area contributed by atoms with Crippen LogP contribution in [-0.4, -0.2) is 24.7 Å². The fourth-order valence-electron chi connectivity index (χ4n) is 1.71. The highest BCUT2D eigenvalue weighted by atomic mass is 16.5. The SMILES string of the molecule is c1cncc(OC[C@H]2CCCNC2)c1. The van der Waals surface area contributed by atoms with Crippen LogP contribution in [-0.2, 0) is 0 Å². The third kappa shape index (κ3) is 2.70. The fourth-order valence-corrected chi connectivity index (χ4v) is 1.71. The van der Waals surface area contributed by atoms with E-state index in [0.717, 1.165) is 25.4 Å². The summed E-state index contributed by atoms with van der Waals surface area (Å²) in [6.07, 6.45) is 6.06. The van der Waals surface area contributed by atoms with Crippen molar-refractivity contribution in [3.05, 3.63) is 24.5 Å². The van der Waals surface area contributed by atoms with E-state index in [-0.39, 0.29) is 0 Å². The summed E-state index contributed by atoms with van der Waals surface area (Å²) < 4.78 is 5.64. The first-order valence-corrected chi connectivity index (χ1v) is 5.19. The molecule has 14 heavy (non-hydrogen) atoms. The standard InChI is InChI=1S/C11H16N2O/c1-3-10(7-12-5-1)9-14-11-4-2-6-13-8-11/h2,4,6,8,10,12H,1,3,5,7,9H2/t10-/m0/s1. The van der Waals surface area contributed by atoms with Crippen molar-refractivity contribution in [1.29, 1.82) is 0 Å². The quantitative estimate of drug-likeness (QED) is 0.787. The number of piperidine rings is 1. The van der Waals surface area contributed by atoms with Crippen molar-refractivity contribution in [1.82, 2.24) is 10.3 Å². The van der Waals surface area contributed by atoms with Crippen LogP contribution in [0.1, 0.15) is 12.8 Å². The lowest BCUT2D eigenvalue weighted by Crippen LogP contribution is -2.33. The molecule has 1 fully saturated rings. The smallest absolute Gasteiger partial charge is 0.137 e. The minimum atomic E-state index is 0.656. The molecule has 3 heteroatoms. The summed E-state index contributed by atoms with van der Waals surface area (Å²) >= 11 is 0. The maximum absolute atomic E-state index is 5.64. The first-order chi connectivity index (χ1) is 6.95. The van der Waals surface area contributed by atoms with Crippen molar-refractivity contribution in [2.45, 2.75) is 12.8 Å². The van der Waals surface area contributed by atoms with Gasteiger partial charge in [0.1, 0.15) is 5.75 Å². The average Bonchev–Trinajstić information content (AvgIpc) is 2.29. The minimum Gasteiger partial charge on any atom is -0.492 e. The van der Waals surface area contributed by atoms with Gasteiger partial charge in [0.25, 0.3) is 0 Å². The summed E-state index contributed by atoms with van der Waals surface area (Å²) in [7, 11) is 0. The van der Waals surface area contributed by atoms with Crippen molar-refractivity contribution in [3.63, 3.8) is 0 Å². The Balaban J connectivity index is 1.76. The van der Waals surface area contributed by atoms with E-state index in [1.54, 1.807) is 12.4 Å². The third-order valence-electron chi connectivity index (χ3n) is 2.52. The lowest BCUT2D eigenvalue weighted by atomic mass is 10.0. The summed E-state index contributed by atoms with van der Waals surface area (Å²) in [4.78, 5) is 4.01. The Morgan fingerprint density at radius 1 is 1.57 bits per heavy atom. The molecule has 0 saturated carbocycles. The molecule has 1 aliphatic rings. The monoisotopic (exact) mass is 192 g/mol. The van der Waals surface area contributed by atoms with Gasteiger partial charge in [-0.05, 0) is 31.5 Å². The molecule has 1 aromatic heterocycles. The van der Waals surface area contributed by atoms with E-state index in [2.05, 4.69) is 10.3 Å². The summed E-state index contributed by atoms with van der Waals surface area (Å²) in [5.41, 5.74) is 0. The summed E-state index contributed by atoms with van der Waals surface area (Å²) in [6, 6.07) is 3.84. The Labute approximate surface area is 84.5 Å². The van der Waals surface area contributed by atoms with Crippen LogP contribution >= 0.6 is 0 Å². The topological polar surface area (TPSA) is 34.1 Å². The molecular weight excluding hydrogens is 176 g/mol. The van der Waals surface area contributed by atoms with E-state index in [1.807, 2.05) is 12.1 Å². The number of hydrogen-bond donors (Lipinski definition) is 1. The van der Waals surface area contributed by atoms with Gasteiger partial charge in [-0.25, -0.2) is 0 Å². The zero-order valence-electron chi connectivity index (χ0n) is 8.28. The largest absolute Gasteiger partial charge is 0.492 e. The van der Waals surface area contributed by atoms with Gasteiger partial charge in [-0.3, -0.25) is 4.98 Å². The molecular formula is C11H16N2O. The zero-order chi connectivity index (χ0) is 9.64. The molecule has 1 aromatic rings. The highest BCUT2D eigenvalue weighted by Crippen LogP contribution is 2.13. The fraction of sp³-hybridized carbons (Fsp3) is 0.545. The number of pyridine rings is 1. The zero-order valence-corrected chi connectivity index (χ0v) is 8.28. The lowest BCUT2D eigenvalue weighted by Gasteiger charge is -2.22. The van der Waals surface area contributed by atoms with Crippen LogP contribution in [0.2, 0.25) is 0 Å². The number of ether oxygens (including phenoxy) is 1. The van der Waals surface area contributed by atoms with Crippen LogP contribution in [0, 0.1) is 5.92 Å². The molecule has 0 aromatic carbocycles. The molecule has 1 aliphatic heterocycles. The van der Waals surface area contributed by atoms with Crippen LogP contribution in [0.25, 0.3) is 0 Å². The lowest BCUT2D eigenvalue weighted by molar-refractivity contribution is 0.218. The van der Waals surface area contributed by atoms with Crippen LogP contribution < -0.4 is 10.1 Å². The molecule has 1 saturated heterocycles. The van der Waals surface area contributed by atoms with Crippen LogP contribution in [0.5, 0.6) is 5.75 Å². The van der Waals surface area contributed by atoms with Gasteiger partial charge >= 0.3 is 0 Å². The van der Waals surface area contributed by atoms with Crippen molar-refractivity contribution in [2.75, 3.05) is 19.7 Å². The van der Waals surface area contributed by atoms with E-state index >= 15 is 0 Å². The third-order valence-corrected chi connectivity index (χ3v) is 2.52. The van der Waals surface area contributed by atoms with E-state index in [4.69, 9.17) is 4.74 Å². The van der Waals surface area contributed by atoms with Crippen LogP contribution in [0.15, 0.2) is 24.5 Å². The number of nitrogens with zero attached hydrogens (tertiary/aromatic N) is 1. The molecule has 2 heterocycles. The Bertz CT molecular complexity index is 257. The Morgan fingerprint density at radius 3 is 3.29 bits per heavy atom. The minimum absolute atomic E-state index is 0.656. The van der Waals surface area contributed by atoms with E-state index < -0.39 is 0 Å². The number of aromatic nitrogens is 1. The van der Waals surface area contributed by atoms with E-state index in [1.165, 1.54) is 12.8 Å². The molecule has 0 unspecified atom stereocenters. The first kappa shape index (κ1) is 9.46. The van der Waals surface area contributed by atoms with Gasteiger partial charge in [0, 0.05) is 18.7 Å². The molecule has 76 valence electrons. The van der Waals surface area contributed by atoms with Crippen molar-refractivity contribution in [2.24, 2.45) is 5.92 Å².